The van der Waals surface area contributed by atoms with Gasteiger partial charge < -0.3 is 9.13 Å². The molecular weight excluding hydrogens is 693 g/mol. The second-order valence-corrected chi connectivity index (χ2v) is 12.2. The van der Waals surface area contributed by atoms with E-state index in [1.165, 1.54) is 45.5 Å². The highest BCUT2D eigenvalue weighted by Crippen LogP contribution is 2.46. The molecule has 0 unspecified atom stereocenters. The van der Waals surface area contributed by atoms with Gasteiger partial charge in [-0.15, -0.1) is 0 Å². The highest BCUT2D eigenvalue weighted by Gasteiger charge is 2.38. The Morgan fingerprint density at radius 3 is 1.44 bits per heavy atom. The molecule has 2 aromatic heterocycles. The number of fused-ring (bicyclic) bond motifs is 6. The number of para-hydroxylation sites is 2. The fourth-order valence-electron chi connectivity index (χ4n) is 6.98. The van der Waals surface area contributed by atoms with E-state index in [1.807, 2.05) is 6.07 Å². The van der Waals surface area contributed by atoms with Crippen LogP contribution in [0.1, 0.15) is 22.3 Å². The lowest BCUT2D eigenvalue weighted by Crippen LogP contribution is -2.13. The molecule has 12 heteroatoms. The normalized spacial score (nSPS) is 12.7. The largest absolute Gasteiger partial charge is 0.418 e. The Bertz CT molecular complexity index is 2770. The first-order valence-corrected chi connectivity index (χ1v) is 15.6. The van der Waals surface area contributed by atoms with Gasteiger partial charge in [0.15, 0.2) is 0 Å². The van der Waals surface area contributed by atoms with Crippen molar-refractivity contribution in [1.82, 2.24) is 9.13 Å². The Morgan fingerprint density at radius 2 is 0.942 bits per heavy atom. The number of rotatable bonds is 3. The molecule has 0 aliphatic heterocycles. The summed E-state index contributed by atoms with van der Waals surface area (Å²) < 4.78 is 132. The number of hydrogen-bond acceptors (Lipinski definition) is 1. The number of benzene rings is 6. The Hall–Kier alpha value is -6.22. The summed E-state index contributed by atoms with van der Waals surface area (Å²) in [6, 6.07) is 28.8. The summed E-state index contributed by atoms with van der Waals surface area (Å²) in [5, 5.41) is 10.6. The molecule has 0 spiro atoms. The number of nitriles is 1. The molecule has 8 rings (SSSR count). The van der Waals surface area contributed by atoms with Crippen molar-refractivity contribution in [2.24, 2.45) is 0 Å². The highest BCUT2D eigenvalue weighted by molar-refractivity contribution is 6.11. The van der Waals surface area contributed by atoms with Gasteiger partial charge in [0, 0.05) is 27.1 Å². The van der Waals surface area contributed by atoms with Crippen LogP contribution in [0, 0.1) is 11.3 Å². The quantitative estimate of drug-likeness (QED) is 0.168. The van der Waals surface area contributed by atoms with Crippen LogP contribution in [-0.2, 0) is 18.5 Å². The minimum absolute atomic E-state index is 0.0442. The van der Waals surface area contributed by atoms with Crippen molar-refractivity contribution >= 4 is 43.6 Å². The van der Waals surface area contributed by atoms with Crippen molar-refractivity contribution in [2.45, 2.75) is 18.5 Å². The van der Waals surface area contributed by atoms with Gasteiger partial charge in [-0.2, -0.15) is 44.8 Å². The number of hydrogen-bond donors (Lipinski definition) is 0. The fraction of sp³-hybridized carbons (Fsp3) is 0.0750. The van der Waals surface area contributed by atoms with Crippen LogP contribution in [0.15, 0.2) is 121 Å². The molecule has 0 saturated heterocycles. The van der Waals surface area contributed by atoms with Gasteiger partial charge in [-0.3, -0.25) is 0 Å². The molecule has 0 bridgehead atoms. The van der Waals surface area contributed by atoms with Crippen molar-refractivity contribution in [3.63, 3.8) is 0 Å². The first-order valence-electron chi connectivity index (χ1n) is 15.6. The van der Waals surface area contributed by atoms with Gasteiger partial charge in [0.05, 0.1) is 61.8 Å². The Labute approximate surface area is 288 Å². The van der Waals surface area contributed by atoms with E-state index < -0.39 is 40.9 Å². The molecule has 258 valence electrons. The Morgan fingerprint density at radius 1 is 0.442 bits per heavy atom. The van der Waals surface area contributed by atoms with Crippen LogP contribution in [0.3, 0.4) is 0 Å². The summed E-state index contributed by atoms with van der Waals surface area (Å²) >= 11 is 0. The van der Waals surface area contributed by atoms with Crippen molar-refractivity contribution in [1.29, 1.82) is 5.26 Å². The molecule has 0 aliphatic rings. The van der Waals surface area contributed by atoms with E-state index >= 15 is 13.2 Å². The second-order valence-electron chi connectivity index (χ2n) is 12.2. The summed E-state index contributed by atoms with van der Waals surface area (Å²) in [5.74, 6) is 0. The van der Waals surface area contributed by atoms with E-state index in [0.717, 1.165) is 36.4 Å². The lowest BCUT2D eigenvalue weighted by molar-refractivity contribution is -0.138. The predicted octanol–water partition coefficient (Wildman–Crippen LogP) is 12.5. The monoisotopic (exact) mass is 713 g/mol. The third-order valence-electron chi connectivity index (χ3n) is 9.20. The average molecular weight is 714 g/mol. The summed E-state index contributed by atoms with van der Waals surface area (Å²) in [4.78, 5) is 0. The average Bonchev–Trinajstić information content (AvgIpc) is 3.62. The highest BCUT2D eigenvalue weighted by atomic mass is 19.4. The summed E-state index contributed by atoms with van der Waals surface area (Å²) in [6.45, 7) is 0. The topological polar surface area (TPSA) is 33.6 Å². The number of halogens is 9. The molecule has 0 fully saturated rings. The van der Waals surface area contributed by atoms with Crippen LogP contribution in [0.2, 0.25) is 0 Å². The van der Waals surface area contributed by atoms with Crippen molar-refractivity contribution in [3.05, 3.63) is 144 Å². The molecule has 0 saturated carbocycles. The van der Waals surface area contributed by atoms with Gasteiger partial charge in [0.2, 0.25) is 0 Å². The second kappa shape index (κ2) is 11.4. The summed E-state index contributed by atoms with van der Waals surface area (Å²) in [7, 11) is 0. The van der Waals surface area contributed by atoms with Crippen LogP contribution < -0.4 is 0 Å². The molecule has 0 amide bonds. The third-order valence-corrected chi connectivity index (χ3v) is 9.20. The molecule has 3 nitrogen and oxygen atoms in total. The smallest absolute Gasteiger partial charge is 0.309 e. The molecule has 0 atom stereocenters. The SMILES string of the molecule is N#Cc1cccc(-c2cc(-n3c4ccccc4c4cc(C(F)(F)F)ccc43)c(C(F)(F)F)cc2-n2c3ccccc3c3cc(C(F)(F)F)ccc32)c1. The van der Waals surface area contributed by atoms with Crippen LogP contribution in [-0.4, -0.2) is 9.13 Å². The Kier molecular flexibility index (Phi) is 7.22. The third kappa shape index (κ3) is 5.23. The molecule has 2 heterocycles. The standard InChI is InChI=1S/C40H20F9N3/c41-38(42,43)24-12-14-34-29(17-24)26-8-1-3-10-32(26)51(34)36-20-31(40(47,48)49)37(19-28(36)23-7-5-6-22(16-23)21-50)52-33-11-4-2-9-27(33)30-18-25(39(44,45)46)13-15-35(30)52/h1-20H. The van der Waals surface area contributed by atoms with E-state index in [2.05, 4.69) is 0 Å². The van der Waals surface area contributed by atoms with Crippen LogP contribution in [0.5, 0.6) is 0 Å². The Balaban J connectivity index is 1.54. The summed E-state index contributed by atoms with van der Waals surface area (Å²) in [5.41, 5.74) is -1.99. The maximum absolute atomic E-state index is 15.4. The lowest BCUT2D eigenvalue weighted by atomic mass is 9.97. The summed E-state index contributed by atoms with van der Waals surface area (Å²) in [6.07, 6.45) is -14.4. The molecule has 8 aromatic rings. The predicted molar refractivity (Wildman–Crippen MR) is 180 cm³/mol. The number of nitrogens with zero attached hydrogens (tertiary/aromatic N) is 3. The molecule has 6 aromatic carbocycles. The maximum atomic E-state index is 15.4. The zero-order chi connectivity index (χ0) is 36.7. The van der Waals surface area contributed by atoms with Crippen molar-refractivity contribution in [2.75, 3.05) is 0 Å². The van der Waals surface area contributed by atoms with E-state index in [-0.39, 0.29) is 49.5 Å². The molecule has 0 aliphatic carbocycles. The van der Waals surface area contributed by atoms with E-state index in [0.29, 0.717) is 16.5 Å². The maximum Gasteiger partial charge on any atom is 0.418 e. The molecule has 52 heavy (non-hydrogen) atoms. The minimum Gasteiger partial charge on any atom is -0.309 e. The van der Waals surface area contributed by atoms with Gasteiger partial charge in [0.1, 0.15) is 0 Å². The van der Waals surface area contributed by atoms with Gasteiger partial charge in [-0.1, -0.05) is 48.5 Å². The van der Waals surface area contributed by atoms with Crippen LogP contribution in [0.25, 0.3) is 66.1 Å². The van der Waals surface area contributed by atoms with Crippen LogP contribution >= 0.6 is 0 Å². The lowest BCUT2D eigenvalue weighted by Gasteiger charge is -2.22. The van der Waals surface area contributed by atoms with Gasteiger partial charge in [-0.05, 0) is 78.4 Å². The van der Waals surface area contributed by atoms with Gasteiger partial charge in [0.25, 0.3) is 0 Å². The molecular formula is C40H20F9N3. The minimum atomic E-state index is -5.02. The first-order chi connectivity index (χ1) is 24.6. The van der Waals surface area contributed by atoms with Crippen LogP contribution in [0.4, 0.5) is 39.5 Å². The van der Waals surface area contributed by atoms with Crippen molar-refractivity contribution < 1.29 is 39.5 Å². The zero-order valence-electron chi connectivity index (χ0n) is 26.3. The molecule has 0 radical (unpaired) electrons. The van der Waals surface area contributed by atoms with Gasteiger partial charge in [-0.25, -0.2) is 0 Å². The van der Waals surface area contributed by atoms with Crippen molar-refractivity contribution in [3.8, 4) is 28.6 Å². The molecule has 0 N–H and O–H groups in total. The number of aromatic nitrogens is 2. The first kappa shape index (κ1) is 33.0. The van der Waals surface area contributed by atoms with E-state index in [4.69, 9.17) is 0 Å². The van der Waals surface area contributed by atoms with E-state index in [9.17, 15) is 31.6 Å². The number of alkyl halides is 9. The van der Waals surface area contributed by atoms with Gasteiger partial charge >= 0.3 is 18.5 Å². The zero-order valence-corrected chi connectivity index (χ0v) is 26.3. The fourth-order valence-corrected chi connectivity index (χ4v) is 6.98. The van der Waals surface area contributed by atoms with E-state index in [1.54, 1.807) is 48.5 Å².